The first kappa shape index (κ1) is 22.2. The molecule has 31 heavy (non-hydrogen) atoms. The third-order valence-electron chi connectivity index (χ3n) is 5.40. The third-order valence-corrected chi connectivity index (χ3v) is 9.07. The van der Waals surface area contributed by atoms with Crippen LogP contribution in [-0.4, -0.2) is 52.9 Å². The summed E-state index contributed by atoms with van der Waals surface area (Å²) in [5, 5.41) is 2.46. The van der Waals surface area contributed by atoms with E-state index in [9.17, 15) is 18.0 Å². The van der Waals surface area contributed by atoms with Crippen molar-refractivity contribution < 1.29 is 13.2 Å². The lowest BCUT2D eigenvalue weighted by atomic mass is 10.1. The summed E-state index contributed by atoms with van der Waals surface area (Å²) < 4.78 is 25.3. The number of hydrogen-bond donors (Lipinski definition) is 0. The van der Waals surface area contributed by atoms with Crippen LogP contribution in [0.5, 0.6) is 0 Å². The van der Waals surface area contributed by atoms with E-state index < -0.39 is 9.84 Å². The van der Waals surface area contributed by atoms with E-state index in [1.165, 1.54) is 22.2 Å². The predicted molar refractivity (Wildman–Crippen MR) is 126 cm³/mol. The lowest BCUT2D eigenvalue weighted by Crippen LogP contribution is -2.45. The summed E-state index contributed by atoms with van der Waals surface area (Å²) in [6.45, 7) is 6.31. The van der Waals surface area contributed by atoms with Gasteiger partial charge in [0.25, 0.3) is 5.56 Å². The van der Waals surface area contributed by atoms with Crippen LogP contribution in [0.3, 0.4) is 0 Å². The molecule has 166 valence electrons. The fourth-order valence-corrected chi connectivity index (χ4v) is 7.54. The molecule has 1 amide bonds. The molecule has 3 aromatic heterocycles. The Hall–Kier alpha value is -2.04. The van der Waals surface area contributed by atoms with Gasteiger partial charge in [-0.15, -0.1) is 22.7 Å². The van der Waals surface area contributed by atoms with E-state index in [1.54, 1.807) is 16.2 Å². The van der Waals surface area contributed by atoms with Crippen molar-refractivity contribution in [3.63, 3.8) is 0 Å². The smallest absolute Gasteiger partial charge is 0.263 e. The molecule has 4 rings (SSSR count). The Balaban J connectivity index is 1.66. The highest BCUT2D eigenvalue weighted by Crippen LogP contribution is 2.34. The quantitative estimate of drug-likeness (QED) is 0.542. The predicted octanol–water partition coefficient (Wildman–Crippen LogP) is 3.17. The van der Waals surface area contributed by atoms with Crippen LogP contribution in [0.25, 0.3) is 20.7 Å². The first-order chi connectivity index (χ1) is 14.6. The van der Waals surface area contributed by atoms with Gasteiger partial charge in [0.15, 0.2) is 9.84 Å². The van der Waals surface area contributed by atoms with Crippen molar-refractivity contribution in [2.45, 2.75) is 39.8 Å². The number of thiophene rings is 2. The number of nitrogens with zero attached hydrogens (tertiary/aromatic N) is 3. The van der Waals surface area contributed by atoms with E-state index in [-0.39, 0.29) is 41.5 Å². The second-order valence-electron chi connectivity index (χ2n) is 8.41. The highest BCUT2D eigenvalue weighted by atomic mass is 32.2. The van der Waals surface area contributed by atoms with Crippen LogP contribution < -0.4 is 5.56 Å². The molecule has 1 saturated heterocycles. The minimum Gasteiger partial charge on any atom is -0.337 e. The Morgan fingerprint density at radius 1 is 1.35 bits per heavy atom. The van der Waals surface area contributed by atoms with Gasteiger partial charge in [0.1, 0.15) is 11.4 Å². The number of sulfone groups is 1. The van der Waals surface area contributed by atoms with Gasteiger partial charge in [-0.05, 0) is 31.4 Å². The number of aryl methyl sites for hydroxylation is 1. The van der Waals surface area contributed by atoms with Crippen molar-refractivity contribution in [1.82, 2.24) is 14.5 Å². The molecule has 7 nitrogen and oxygen atoms in total. The molecule has 0 aliphatic carbocycles. The van der Waals surface area contributed by atoms with Gasteiger partial charge in [0, 0.05) is 33.3 Å². The van der Waals surface area contributed by atoms with Crippen LogP contribution in [0.15, 0.2) is 28.6 Å². The van der Waals surface area contributed by atoms with E-state index in [0.29, 0.717) is 23.2 Å². The molecule has 4 heterocycles. The van der Waals surface area contributed by atoms with Crippen molar-refractivity contribution >= 4 is 48.6 Å². The van der Waals surface area contributed by atoms with Gasteiger partial charge in [-0.25, -0.2) is 13.4 Å². The van der Waals surface area contributed by atoms with Crippen molar-refractivity contribution in [3.05, 3.63) is 39.1 Å². The van der Waals surface area contributed by atoms with E-state index in [2.05, 4.69) is 4.98 Å². The average molecular weight is 480 g/mol. The lowest BCUT2D eigenvalue weighted by Gasteiger charge is -2.30. The molecule has 3 aromatic rings. The summed E-state index contributed by atoms with van der Waals surface area (Å²) in [6, 6.07) is 3.67. The second kappa shape index (κ2) is 8.48. The van der Waals surface area contributed by atoms with E-state index in [0.717, 1.165) is 15.3 Å². The van der Waals surface area contributed by atoms with E-state index in [4.69, 9.17) is 0 Å². The highest BCUT2D eigenvalue weighted by molar-refractivity contribution is 7.91. The number of hydrogen-bond acceptors (Lipinski definition) is 7. The van der Waals surface area contributed by atoms with E-state index in [1.807, 2.05) is 38.3 Å². The molecule has 1 aliphatic heterocycles. The molecule has 0 radical (unpaired) electrons. The number of aromatic nitrogens is 2. The topological polar surface area (TPSA) is 89.3 Å². The molecule has 0 aromatic carbocycles. The van der Waals surface area contributed by atoms with Gasteiger partial charge < -0.3 is 4.90 Å². The zero-order valence-corrected chi connectivity index (χ0v) is 20.1. The minimum absolute atomic E-state index is 0.00987. The maximum Gasteiger partial charge on any atom is 0.263 e. The molecule has 0 N–H and O–H groups in total. The summed E-state index contributed by atoms with van der Waals surface area (Å²) in [6.07, 6.45) is 1.86. The van der Waals surface area contributed by atoms with Gasteiger partial charge in [0.2, 0.25) is 5.91 Å². The molecule has 1 aliphatic rings. The molecule has 1 atom stereocenters. The van der Waals surface area contributed by atoms with E-state index >= 15 is 0 Å². The van der Waals surface area contributed by atoms with Gasteiger partial charge in [-0.1, -0.05) is 13.8 Å². The Morgan fingerprint density at radius 2 is 2.13 bits per heavy atom. The Labute approximate surface area is 189 Å². The third kappa shape index (κ3) is 4.61. The monoisotopic (exact) mass is 479 g/mol. The SMILES string of the molecule is Cc1ccc(-c2csc3ncn(CC(=O)N(CC(C)C)C4CCS(=O)(=O)C4)c(=O)c23)s1. The second-order valence-corrected chi connectivity index (χ2v) is 12.8. The number of carbonyl (C=O) groups is 1. The largest absolute Gasteiger partial charge is 0.337 e. The molecular formula is C21H25N3O4S3. The summed E-state index contributed by atoms with van der Waals surface area (Å²) >= 11 is 3.03. The minimum atomic E-state index is -3.12. The standard InChI is InChI=1S/C21H25N3O4S3/c1-13(2)8-24(15-6-7-31(27,28)11-15)18(25)9-23-12-22-20-19(21(23)26)16(10-29-20)17-5-4-14(3)30-17/h4-5,10,12-13,15H,6-9,11H2,1-3H3. The van der Waals surface area contributed by atoms with Crippen LogP contribution in [0.1, 0.15) is 25.1 Å². The Morgan fingerprint density at radius 3 is 2.74 bits per heavy atom. The fraction of sp³-hybridized carbons (Fsp3) is 0.476. The Kier molecular flexibility index (Phi) is 6.06. The van der Waals surface area contributed by atoms with Crippen molar-refractivity contribution in [2.75, 3.05) is 18.1 Å². The Bertz CT molecular complexity index is 1290. The molecule has 1 unspecified atom stereocenters. The summed E-state index contributed by atoms with van der Waals surface area (Å²) in [7, 11) is -3.12. The maximum atomic E-state index is 13.3. The lowest BCUT2D eigenvalue weighted by molar-refractivity contribution is -0.134. The highest BCUT2D eigenvalue weighted by Gasteiger charge is 2.35. The molecule has 0 saturated carbocycles. The van der Waals surface area contributed by atoms with Gasteiger partial charge in [0.05, 0.1) is 23.2 Å². The summed E-state index contributed by atoms with van der Waals surface area (Å²) in [5.74, 6) is 0.0353. The number of carbonyl (C=O) groups excluding carboxylic acids is 1. The zero-order valence-electron chi connectivity index (χ0n) is 17.7. The number of rotatable bonds is 6. The molecule has 1 fully saturated rings. The van der Waals surface area contributed by atoms with Gasteiger partial charge >= 0.3 is 0 Å². The van der Waals surface area contributed by atoms with Crippen LogP contribution in [0, 0.1) is 12.8 Å². The normalized spacial score (nSPS) is 18.1. The summed E-state index contributed by atoms with van der Waals surface area (Å²) in [4.78, 5) is 35.3. The summed E-state index contributed by atoms with van der Waals surface area (Å²) in [5.41, 5.74) is 0.600. The maximum absolute atomic E-state index is 13.3. The van der Waals surface area contributed by atoms with Crippen LogP contribution >= 0.6 is 22.7 Å². The van der Waals surface area contributed by atoms with Crippen molar-refractivity contribution in [1.29, 1.82) is 0 Å². The van der Waals surface area contributed by atoms with Crippen LogP contribution in [0.2, 0.25) is 0 Å². The van der Waals surface area contributed by atoms with Gasteiger partial charge in [-0.2, -0.15) is 0 Å². The average Bonchev–Trinajstić information content (AvgIpc) is 3.40. The zero-order chi connectivity index (χ0) is 22.3. The fourth-order valence-electron chi connectivity index (χ4n) is 3.95. The molecular weight excluding hydrogens is 454 g/mol. The molecule has 0 bridgehead atoms. The van der Waals surface area contributed by atoms with Crippen LogP contribution in [-0.2, 0) is 21.2 Å². The van der Waals surface area contributed by atoms with Crippen LogP contribution in [0.4, 0.5) is 0 Å². The molecule has 0 spiro atoms. The van der Waals surface area contributed by atoms with Crippen molar-refractivity contribution in [2.24, 2.45) is 5.92 Å². The number of amides is 1. The van der Waals surface area contributed by atoms with Crippen molar-refractivity contribution in [3.8, 4) is 10.4 Å². The number of fused-ring (bicyclic) bond motifs is 1. The first-order valence-corrected chi connectivity index (χ1v) is 13.7. The molecule has 10 heteroatoms. The van der Waals surface area contributed by atoms with Gasteiger partial charge in [-0.3, -0.25) is 14.2 Å². The first-order valence-electron chi connectivity index (χ1n) is 10.2.